The highest BCUT2D eigenvalue weighted by Gasteiger charge is 2.23. The third kappa shape index (κ3) is 3.16. The lowest BCUT2D eigenvalue weighted by atomic mass is 10.1. The summed E-state index contributed by atoms with van der Waals surface area (Å²) in [5.41, 5.74) is 6.68. The van der Waals surface area contributed by atoms with Crippen LogP contribution in [0.3, 0.4) is 0 Å². The summed E-state index contributed by atoms with van der Waals surface area (Å²) < 4.78 is 0.961. The zero-order valence-electron chi connectivity index (χ0n) is 12.6. The van der Waals surface area contributed by atoms with Gasteiger partial charge in [-0.25, -0.2) is 0 Å². The molecule has 1 amide bonds. The van der Waals surface area contributed by atoms with E-state index < -0.39 is 0 Å². The summed E-state index contributed by atoms with van der Waals surface area (Å²) in [5.74, 6) is 0.487. The van der Waals surface area contributed by atoms with Crippen LogP contribution in [0.2, 0.25) is 5.02 Å². The number of hydrogen-bond acceptors (Lipinski definition) is 3. The molecule has 2 aromatic rings. The second-order valence-electron chi connectivity index (χ2n) is 5.32. The molecule has 1 atom stereocenters. The van der Waals surface area contributed by atoms with Gasteiger partial charge in [0.2, 0.25) is 0 Å². The molecule has 2 rings (SSSR count). The molecule has 0 aliphatic rings. The number of thiophene rings is 1. The van der Waals surface area contributed by atoms with Crippen molar-refractivity contribution in [1.29, 1.82) is 0 Å². The molecule has 114 valence electrons. The summed E-state index contributed by atoms with van der Waals surface area (Å²) in [5, 5.41) is 1.40. The molecule has 2 N–H and O–H groups in total. The van der Waals surface area contributed by atoms with Crippen molar-refractivity contribution in [3.63, 3.8) is 0 Å². The maximum absolute atomic E-state index is 12.7. The molecule has 0 aliphatic carbocycles. The number of nitrogens with zero attached hydrogens (tertiary/aromatic N) is 1. The van der Waals surface area contributed by atoms with E-state index in [1.165, 1.54) is 11.3 Å². The zero-order chi connectivity index (χ0) is 15.6. The maximum Gasteiger partial charge on any atom is 0.266 e. The minimum Gasteiger partial charge on any atom is -0.397 e. The van der Waals surface area contributed by atoms with Crippen molar-refractivity contribution in [2.45, 2.75) is 27.2 Å². The van der Waals surface area contributed by atoms with Crippen LogP contribution in [0.1, 0.15) is 36.9 Å². The van der Waals surface area contributed by atoms with E-state index in [9.17, 15) is 4.79 Å². The molecule has 0 spiro atoms. The Morgan fingerprint density at radius 3 is 2.71 bits per heavy atom. The first-order valence-corrected chi connectivity index (χ1v) is 8.44. The highest BCUT2D eigenvalue weighted by atomic mass is 35.5. The lowest BCUT2D eigenvalue weighted by molar-refractivity contribution is 0.0747. The Morgan fingerprint density at radius 2 is 2.14 bits per heavy atom. The molecule has 1 aromatic carbocycles. The molecule has 0 saturated carbocycles. The average molecular weight is 325 g/mol. The van der Waals surface area contributed by atoms with E-state index in [1.54, 1.807) is 6.07 Å². The summed E-state index contributed by atoms with van der Waals surface area (Å²) in [4.78, 5) is 15.2. The third-order valence-electron chi connectivity index (χ3n) is 3.79. The van der Waals surface area contributed by atoms with Gasteiger partial charge in [0.15, 0.2) is 0 Å². The lowest BCUT2D eigenvalue weighted by Gasteiger charge is -2.23. The molecule has 1 heterocycles. The Labute approximate surface area is 134 Å². The molecule has 1 unspecified atom stereocenters. The summed E-state index contributed by atoms with van der Waals surface area (Å²) in [7, 11) is 0. The average Bonchev–Trinajstić information content (AvgIpc) is 2.82. The number of carbonyl (C=O) groups excluding carboxylic acids is 1. The SMILES string of the molecule is CCC(C)CN(CC)C(=O)c1sc2cccc(Cl)c2c1N. The molecule has 0 bridgehead atoms. The second kappa shape index (κ2) is 6.67. The van der Waals surface area contributed by atoms with Gasteiger partial charge in [0.05, 0.1) is 10.7 Å². The number of amides is 1. The number of fused-ring (bicyclic) bond motifs is 1. The van der Waals surface area contributed by atoms with E-state index in [2.05, 4.69) is 13.8 Å². The maximum atomic E-state index is 12.7. The monoisotopic (exact) mass is 324 g/mol. The van der Waals surface area contributed by atoms with Crippen LogP contribution in [0.25, 0.3) is 10.1 Å². The molecule has 0 fully saturated rings. The van der Waals surface area contributed by atoms with Gasteiger partial charge in [-0.05, 0) is 25.0 Å². The van der Waals surface area contributed by atoms with Crippen LogP contribution in [0.5, 0.6) is 0 Å². The van der Waals surface area contributed by atoms with Gasteiger partial charge in [-0.2, -0.15) is 0 Å². The molecule has 1 aromatic heterocycles. The molecular formula is C16H21ClN2OS. The van der Waals surface area contributed by atoms with Crippen molar-refractivity contribution in [3.05, 3.63) is 28.1 Å². The fraction of sp³-hybridized carbons (Fsp3) is 0.438. The number of carbonyl (C=O) groups is 1. The van der Waals surface area contributed by atoms with Crippen LogP contribution in [-0.4, -0.2) is 23.9 Å². The molecule has 3 nitrogen and oxygen atoms in total. The summed E-state index contributed by atoms with van der Waals surface area (Å²) in [6, 6.07) is 5.63. The number of anilines is 1. The highest BCUT2D eigenvalue weighted by molar-refractivity contribution is 7.21. The number of nitrogen functional groups attached to an aromatic ring is 1. The van der Waals surface area contributed by atoms with Gasteiger partial charge in [0.1, 0.15) is 4.88 Å². The normalized spacial score (nSPS) is 12.6. The summed E-state index contributed by atoms with van der Waals surface area (Å²) >= 11 is 7.63. The zero-order valence-corrected chi connectivity index (χ0v) is 14.2. The quantitative estimate of drug-likeness (QED) is 0.870. The largest absolute Gasteiger partial charge is 0.397 e. The summed E-state index contributed by atoms with van der Waals surface area (Å²) in [6.07, 6.45) is 1.05. The van der Waals surface area contributed by atoms with Gasteiger partial charge >= 0.3 is 0 Å². The van der Waals surface area contributed by atoms with Crippen molar-refractivity contribution in [2.24, 2.45) is 5.92 Å². The fourth-order valence-corrected chi connectivity index (χ4v) is 3.74. The van der Waals surface area contributed by atoms with Gasteiger partial charge in [0, 0.05) is 23.2 Å². The molecular weight excluding hydrogens is 304 g/mol. The highest BCUT2D eigenvalue weighted by Crippen LogP contribution is 2.38. The van der Waals surface area contributed by atoms with Gasteiger partial charge in [-0.15, -0.1) is 11.3 Å². The van der Waals surface area contributed by atoms with Crippen LogP contribution in [-0.2, 0) is 0 Å². The topological polar surface area (TPSA) is 46.3 Å². The first kappa shape index (κ1) is 16.1. The first-order valence-electron chi connectivity index (χ1n) is 7.25. The van der Waals surface area contributed by atoms with E-state index in [1.807, 2.05) is 24.0 Å². The fourth-order valence-electron chi connectivity index (χ4n) is 2.29. The Morgan fingerprint density at radius 1 is 1.43 bits per heavy atom. The molecule has 0 saturated heterocycles. The van der Waals surface area contributed by atoms with E-state index in [0.29, 0.717) is 28.0 Å². The lowest BCUT2D eigenvalue weighted by Crippen LogP contribution is -2.34. The van der Waals surface area contributed by atoms with Crippen LogP contribution in [0, 0.1) is 5.92 Å². The third-order valence-corrected chi connectivity index (χ3v) is 5.27. The first-order chi connectivity index (χ1) is 9.99. The van der Waals surface area contributed by atoms with Crippen molar-refractivity contribution >= 4 is 44.6 Å². The van der Waals surface area contributed by atoms with Gasteiger partial charge in [-0.1, -0.05) is 37.9 Å². The van der Waals surface area contributed by atoms with Crippen molar-refractivity contribution in [2.75, 3.05) is 18.8 Å². The Bertz CT molecular complexity index is 653. The molecule has 0 radical (unpaired) electrons. The van der Waals surface area contributed by atoms with Crippen LogP contribution < -0.4 is 5.73 Å². The predicted molar refractivity (Wildman–Crippen MR) is 92.3 cm³/mol. The van der Waals surface area contributed by atoms with Crippen LogP contribution in [0.15, 0.2) is 18.2 Å². The van der Waals surface area contributed by atoms with E-state index in [4.69, 9.17) is 17.3 Å². The number of halogens is 1. The van der Waals surface area contributed by atoms with Gasteiger partial charge < -0.3 is 10.6 Å². The van der Waals surface area contributed by atoms with Crippen LogP contribution in [0.4, 0.5) is 5.69 Å². The Balaban J connectivity index is 2.38. The standard InChI is InChI=1S/C16H21ClN2OS/c1-4-10(3)9-19(5-2)16(20)15-14(18)13-11(17)7-6-8-12(13)21-15/h6-8,10H,4-5,9,18H2,1-3H3. The van der Waals surface area contributed by atoms with Crippen molar-refractivity contribution in [1.82, 2.24) is 4.90 Å². The molecule has 5 heteroatoms. The summed E-state index contributed by atoms with van der Waals surface area (Å²) in [6.45, 7) is 7.73. The van der Waals surface area contributed by atoms with E-state index >= 15 is 0 Å². The predicted octanol–water partition coefficient (Wildman–Crippen LogP) is 4.65. The smallest absolute Gasteiger partial charge is 0.266 e. The second-order valence-corrected chi connectivity index (χ2v) is 6.77. The number of hydrogen-bond donors (Lipinski definition) is 1. The van der Waals surface area contributed by atoms with Gasteiger partial charge in [0.25, 0.3) is 5.91 Å². The molecule has 0 aliphatic heterocycles. The Hall–Kier alpha value is -1.26. The Kier molecular flexibility index (Phi) is 5.12. The minimum atomic E-state index is 0.00701. The van der Waals surface area contributed by atoms with Crippen molar-refractivity contribution < 1.29 is 4.79 Å². The minimum absolute atomic E-state index is 0.00701. The van der Waals surface area contributed by atoms with E-state index in [-0.39, 0.29) is 5.91 Å². The molecule has 21 heavy (non-hydrogen) atoms. The van der Waals surface area contributed by atoms with Crippen LogP contribution >= 0.6 is 22.9 Å². The number of nitrogens with two attached hydrogens (primary N) is 1. The van der Waals surface area contributed by atoms with Gasteiger partial charge in [-0.3, -0.25) is 4.79 Å². The number of benzene rings is 1. The van der Waals surface area contributed by atoms with E-state index in [0.717, 1.165) is 23.1 Å². The number of rotatable bonds is 5. The van der Waals surface area contributed by atoms with Crippen molar-refractivity contribution in [3.8, 4) is 0 Å².